The molecule has 0 unspecified atom stereocenters. The van der Waals surface area contributed by atoms with Gasteiger partial charge in [0.05, 0.1) is 5.56 Å². The SMILES string of the molecule is Cl.O=Cc1ccnc(Br)c1O. The fourth-order valence-electron chi connectivity index (χ4n) is 0.537. The Kier molecular flexibility index (Phi) is 4.07. The Morgan fingerprint density at radius 2 is 2.27 bits per heavy atom. The summed E-state index contributed by atoms with van der Waals surface area (Å²) in [7, 11) is 0. The average Bonchev–Trinajstić information content (AvgIpc) is 1.95. The van der Waals surface area contributed by atoms with Crippen LogP contribution < -0.4 is 0 Å². The van der Waals surface area contributed by atoms with Crippen molar-refractivity contribution in [2.45, 2.75) is 0 Å². The number of aromatic nitrogens is 1. The number of pyridine rings is 1. The molecule has 1 rings (SSSR count). The molecule has 0 bridgehead atoms. The summed E-state index contributed by atoms with van der Waals surface area (Å²) in [6.45, 7) is 0. The van der Waals surface area contributed by atoms with E-state index in [0.29, 0.717) is 6.29 Å². The molecular weight excluding hydrogens is 233 g/mol. The molecule has 0 spiro atoms. The Hall–Kier alpha value is -0.610. The number of aldehydes is 1. The molecule has 0 aliphatic heterocycles. The first-order chi connectivity index (χ1) is 4.75. The van der Waals surface area contributed by atoms with Crippen LogP contribution in [0.2, 0.25) is 0 Å². The summed E-state index contributed by atoms with van der Waals surface area (Å²) in [6.07, 6.45) is 2.01. The second-order valence-corrected chi connectivity index (χ2v) is 2.41. The Balaban J connectivity index is 0.000001000. The monoisotopic (exact) mass is 237 g/mol. The van der Waals surface area contributed by atoms with E-state index in [2.05, 4.69) is 20.9 Å². The van der Waals surface area contributed by atoms with E-state index >= 15 is 0 Å². The van der Waals surface area contributed by atoms with Crippen LogP contribution in [0.1, 0.15) is 10.4 Å². The van der Waals surface area contributed by atoms with Gasteiger partial charge < -0.3 is 5.11 Å². The van der Waals surface area contributed by atoms with Crippen molar-refractivity contribution < 1.29 is 9.90 Å². The molecule has 0 aliphatic rings. The van der Waals surface area contributed by atoms with Crippen LogP contribution in [0, 0.1) is 0 Å². The van der Waals surface area contributed by atoms with Crippen molar-refractivity contribution in [3.05, 3.63) is 22.4 Å². The second kappa shape index (κ2) is 4.31. The highest BCUT2D eigenvalue weighted by molar-refractivity contribution is 9.10. The van der Waals surface area contributed by atoms with Gasteiger partial charge in [-0.2, -0.15) is 0 Å². The lowest BCUT2D eigenvalue weighted by atomic mass is 10.3. The van der Waals surface area contributed by atoms with E-state index in [9.17, 15) is 4.79 Å². The minimum Gasteiger partial charge on any atom is -0.504 e. The summed E-state index contributed by atoms with van der Waals surface area (Å²) in [6, 6.07) is 1.44. The van der Waals surface area contributed by atoms with Gasteiger partial charge in [0, 0.05) is 6.20 Å². The Bertz CT molecular complexity index is 267. The van der Waals surface area contributed by atoms with Gasteiger partial charge in [-0.05, 0) is 22.0 Å². The van der Waals surface area contributed by atoms with Gasteiger partial charge in [0.25, 0.3) is 0 Å². The zero-order valence-electron chi connectivity index (χ0n) is 5.32. The summed E-state index contributed by atoms with van der Waals surface area (Å²) in [4.78, 5) is 13.9. The lowest BCUT2D eigenvalue weighted by Crippen LogP contribution is -1.83. The maximum absolute atomic E-state index is 10.2. The number of hydrogen-bond acceptors (Lipinski definition) is 3. The Morgan fingerprint density at radius 1 is 1.64 bits per heavy atom. The normalized spacial score (nSPS) is 8.45. The van der Waals surface area contributed by atoms with Gasteiger partial charge >= 0.3 is 0 Å². The molecule has 3 nitrogen and oxygen atoms in total. The van der Waals surface area contributed by atoms with Crippen LogP contribution in [0.3, 0.4) is 0 Å². The number of aromatic hydroxyl groups is 1. The van der Waals surface area contributed by atoms with Crippen LogP contribution in [0.25, 0.3) is 0 Å². The summed E-state index contributed by atoms with van der Waals surface area (Å²) < 4.78 is 0.289. The molecule has 0 amide bonds. The lowest BCUT2D eigenvalue weighted by Gasteiger charge is -1.95. The van der Waals surface area contributed by atoms with Crippen LogP contribution >= 0.6 is 28.3 Å². The van der Waals surface area contributed by atoms with Gasteiger partial charge in [0.15, 0.2) is 12.0 Å². The van der Waals surface area contributed by atoms with Crippen LogP contribution in [-0.4, -0.2) is 16.4 Å². The van der Waals surface area contributed by atoms with Crippen molar-refractivity contribution in [1.29, 1.82) is 0 Å². The molecule has 11 heavy (non-hydrogen) atoms. The van der Waals surface area contributed by atoms with E-state index < -0.39 is 0 Å². The smallest absolute Gasteiger partial charge is 0.158 e. The summed E-state index contributed by atoms with van der Waals surface area (Å²) >= 11 is 2.97. The largest absolute Gasteiger partial charge is 0.504 e. The molecule has 1 aromatic heterocycles. The number of rotatable bonds is 1. The van der Waals surface area contributed by atoms with E-state index in [4.69, 9.17) is 5.11 Å². The molecule has 0 saturated carbocycles. The lowest BCUT2D eigenvalue weighted by molar-refractivity contribution is 0.112. The zero-order chi connectivity index (χ0) is 7.56. The quantitative estimate of drug-likeness (QED) is 0.599. The Morgan fingerprint density at radius 3 is 2.73 bits per heavy atom. The van der Waals surface area contributed by atoms with Gasteiger partial charge in [-0.25, -0.2) is 4.98 Å². The highest BCUT2D eigenvalue weighted by Crippen LogP contribution is 2.22. The third-order valence-electron chi connectivity index (χ3n) is 1.04. The zero-order valence-corrected chi connectivity index (χ0v) is 7.72. The van der Waals surface area contributed by atoms with Crippen molar-refractivity contribution in [2.24, 2.45) is 0 Å². The summed E-state index contributed by atoms with van der Waals surface area (Å²) in [5.74, 6) is -0.113. The van der Waals surface area contributed by atoms with Gasteiger partial charge in [-0.15, -0.1) is 12.4 Å². The first kappa shape index (κ1) is 10.4. The first-order valence-electron chi connectivity index (χ1n) is 2.54. The number of halogens is 2. The number of carbonyl (C=O) groups excluding carboxylic acids is 1. The molecule has 60 valence electrons. The second-order valence-electron chi connectivity index (χ2n) is 1.66. The van der Waals surface area contributed by atoms with Crippen molar-refractivity contribution in [3.8, 4) is 5.75 Å². The third kappa shape index (κ3) is 2.17. The molecule has 0 saturated heterocycles. The minimum absolute atomic E-state index is 0. The molecule has 0 atom stereocenters. The van der Waals surface area contributed by atoms with E-state index in [1.54, 1.807) is 0 Å². The van der Waals surface area contributed by atoms with Crippen LogP contribution in [0.5, 0.6) is 5.75 Å². The highest BCUT2D eigenvalue weighted by Gasteiger charge is 2.02. The predicted molar refractivity (Wildman–Crippen MR) is 46.2 cm³/mol. The van der Waals surface area contributed by atoms with Gasteiger partial charge in [-0.1, -0.05) is 0 Å². The maximum Gasteiger partial charge on any atom is 0.158 e. The number of hydrogen-bond donors (Lipinski definition) is 1. The molecule has 1 N–H and O–H groups in total. The van der Waals surface area contributed by atoms with E-state index in [1.807, 2.05) is 0 Å². The Labute approximate surface area is 78.0 Å². The summed E-state index contributed by atoms with van der Waals surface area (Å²) in [5.41, 5.74) is 0.238. The van der Waals surface area contributed by atoms with Crippen molar-refractivity contribution in [1.82, 2.24) is 4.98 Å². The average molecular weight is 238 g/mol. The third-order valence-corrected chi connectivity index (χ3v) is 1.62. The van der Waals surface area contributed by atoms with Crippen LogP contribution in [-0.2, 0) is 0 Å². The van der Waals surface area contributed by atoms with E-state index in [1.165, 1.54) is 12.3 Å². The van der Waals surface area contributed by atoms with Crippen LogP contribution in [0.15, 0.2) is 16.9 Å². The predicted octanol–water partition coefficient (Wildman–Crippen LogP) is 1.78. The number of nitrogens with zero attached hydrogens (tertiary/aromatic N) is 1. The van der Waals surface area contributed by atoms with Gasteiger partial charge in [-0.3, -0.25) is 4.79 Å². The number of carbonyl (C=O) groups is 1. The molecule has 0 aromatic carbocycles. The van der Waals surface area contributed by atoms with Crippen molar-refractivity contribution >= 4 is 34.6 Å². The summed E-state index contributed by atoms with van der Waals surface area (Å²) in [5, 5.41) is 9.06. The fraction of sp³-hybridized carbons (Fsp3) is 0. The fourth-order valence-corrected chi connectivity index (χ4v) is 0.884. The minimum atomic E-state index is -0.113. The highest BCUT2D eigenvalue weighted by atomic mass is 79.9. The molecular formula is C6H5BrClNO2. The first-order valence-corrected chi connectivity index (χ1v) is 3.33. The van der Waals surface area contributed by atoms with Crippen molar-refractivity contribution in [3.63, 3.8) is 0 Å². The van der Waals surface area contributed by atoms with Crippen molar-refractivity contribution in [2.75, 3.05) is 0 Å². The van der Waals surface area contributed by atoms with E-state index in [0.717, 1.165) is 0 Å². The van der Waals surface area contributed by atoms with E-state index in [-0.39, 0.29) is 28.3 Å². The molecule has 1 aromatic rings. The van der Waals surface area contributed by atoms with Gasteiger partial charge in [0.1, 0.15) is 4.60 Å². The topological polar surface area (TPSA) is 50.2 Å². The van der Waals surface area contributed by atoms with Crippen LogP contribution in [0.4, 0.5) is 0 Å². The molecule has 0 aliphatic carbocycles. The maximum atomic E-state index is 10.2. The molecule has 5 heteroatoms. The molecule has 0 fully saturated rings. The standard InChI is InChI=1S/C6H4BrNO2.ClH/c7-6-5(10)4(3-9)1-2-8-6;/h1-3,10H;1H. The molecule has 1 heterocycles. The molecule has 0 radical (unpaired) electrons. The van der Waals surface area contributed by atoms with Gasteiger partial charge in [0.2, 0.25) is 0 Å².